The summed E-state index contributed by atoms with van der Waals surface area (Å²) in [6.07, 6.45) is 5.27. The van der Waals surface area contributed by atoms with Crippen LogP contribution in [-0.2, 0) is 6.54 Å². The molecule has 3 nitrogen and oxygen atoms in total. The van der Waals surface area contributed by atoms with E-state index in [4.69, 9.17) is 22.7 Å². The van der Waals surface area contributed by atoms with Gasteiger partial charge in [0.2, 0.25) is 0 Å². The van der Waals surface area contributed by atoms with E-state index in [9.17, 15) is 0 Å². The second-order valence-corrected chi connectivity index (χ2v) is 6.67. The summed E-state index contributed by atoms with van der Waals surface area (Å²) < 4.78 is 5.48. The van der Waals surface area contributed by atoms with Crippen molar-refractivity contribution >= 4 is 17.2 Å². The van der Waals surface area contributed by atoms with Crippen LogP contribution in [0.3, 0.4) is 0 Å². The fourth-order valence-electron chi connectivity index (χ4n) is 3.26. The number of benzene rings is 1. The van der Waals surface area contributed by atoms with Gasteiger partial charge >= 0.3 is 0 Å². The van der Waals surface area contributed by atoms with Gasteiger partial charge in [0.1, 0.15) is 10.7 Å². The minimum absolute atomic E-state index is 0.438. The molecule has 2 rings (SSSR count). The lowest BCUT2D eigenvalue weighted by molar-refractivity contribution is 0.156. The highest BCUT2D eigenvalue weighted by Crippen LogP contribution is 2.29. The zero-order chi connectivity index (χ0) is 15.4. The van der Waals surface area contributed by atoms with Crippen molar-refractivity contribution in [3.63, 3.8) is 0 Å². The van der Waals surface area contributed by atoms with Gasteiger partial charge in [-0.15, -0.1) is 0 Å². The zero-order valence-corrected chi connectivity index (χ0v) is 14.1. The normalized spacial score (nSPS) is 22.3. The molecule has 1 aromatic rings. The van der Waals surface area contributed by atoms with E-state index in [1.165, 1.54) is 25.7 Å². The van der Waals surface area contributed by atoms with Crippen LogP contribution in [-0.4, -0.2) is 30.1 Å². The van der Waals surface area contributed by atoms with Crippen LogP contribution in [0.5, 0.6) is 5.75 Å². The highest BCUT2D eigenvalue weighted by atomic mass is 32.1. The molecule has 0 amide bonds. The quantitative estimate of drug-likeness (QED) is 0.847. The van der Waals surface area contributed by atoms with Gasteiger partial charge in [0, 0.05) is 23.7 Å². The second-order valence-electron chi connectivity index (χ2n) is 6.23. The molecule has 0 aliphatic heterocycles. The van der Waals surface area contributed by atoms with Crippen molar-refractivity contribution in [2.24, 2.45) is 11.7 Å². The summed E-state index contributed by atoms with van der Waals surface area (Å²) in [6.45, 7) is 3.23. The average Bonchev–Trinajstić information content (AvgIpc) is 2.47. The van der Waals surface area contributed by atoms with Crippen LogP contribution in [0.4, 0.5) is 0 Å². The van der Waals surface area contributed by atoms with E-state index in [0.29, 0.717) is 11.0 Å². The molecule has 1 aliphatic rings. The molecule has 1 aliphatic carbocycles. The van der Waals surface area contributed by atoms with Crippen molar-refractivity contribution in [1.82, 2.24) is 4.90 Å². The Morgan fingerprint density at radius 3 is 2.81 bits per heavy atom. The van der Waals surface area contributed by atoms with Crippen molar-refractivity contribution in [2.75, 3.05) is 14.2 Å². The first-order valence-corrected chi connectivity index (χ1v) is 8.09. The summed E-state index contributed by atoms with van der Waals surface area (Å²) in [5.41, 5.74) is 7.81. The Bertz CT molecular complexity index is 504. The molecule has 2 atom stereocenters. The Balaban J connectivity index is 2.13. The van der Waals surface area contributed by atoms with E-state index in [1.807, 2.05) is 12.1 Å². The molecular formula is C17H26N2OS. The smallest absolute Gasteiger partial charge is 0.123 e. The van der Waals surface area contributed by atoms with Gasteiger partial charge in [-0.05, 0) is 44.0 Å². The van der Waals surface area contributed by atoms with E-state index in [1.54, 1.807) is 7.11 Å². The van der Waals surface area contributed by atoms with E-state index in [0.717, 1.165) is 29.3 Å². The highest BCUT2D eigenvalue weighted by Gasteiger charge is 2.23. The summed E-state index contributed by atoms with van der Waals surface area (Å²) in [6, 6.07) is 6.60. The van der Waals surface area contributed by atoms with E-state index in [2.05, 4.69) is 24.9 Å². The predicted molar refractivity (Wildman–Crippen MR) is 91.8 cm³/mol. The first kappa shape index (κ1) is 16.2. The number of nitrogens with two attached hydrogens (primary N) is 1. The van der Waals surface area contributed by atoms with Crippen LogP contribution < -0.4 is 10.5 Å². The molecule has 0 heterocycles. The number of thiocarbonyl (C=S) groups is 1. The van der Waals surface area contributed by atoms with Crippen molar-refractivity contribution < 1.29 is 4.74 Å². The molecule has 0 spiro atoms. The third-order valence-corrected chi connectivity index (χ3v) is 4.75. The molecule has 0 bridgehead atoms. The Kier molecular flexibility index (Phi) is 5.59. The van der Waals surface area contributed by atoms with Crippen molar-refractivity contribution in [1.29, 1.82) is 0 Å². The summed E-state index contributed by atoms with van der Waals surface area (Å²) in [5, 5.41) is 0. The molecular weight excluding hydrogens is 280 g/mol. The fraction of sp³-hybridized carbons (Fsp3) is 0.588. The summed E-state index contributed by atoms with van der Waals surface area (Å²) in [4.78, 5) is 2.88. The number of hydrogen-bond donors (Lipinski definition) is 1. The molecule has 2 N–H and O–H groups in total. The standard InChI is InChI=1S/C17H26N2OS/c1-12-5-4-6-15(9-12)19(2)11-14-10-13(17(18)21)7-8-16(14)20-3/h7-8,10,12,15H,4-6,9,11H2,1-3H3,(H2,18,21). The number of nitrogens with zero attached hydrogens (tertiary/aromatic N) is 1. The van der Waals surface area contributed by atoms with Crippen LogP contribution in [0, 0.1) is 5.92 Å². The minimum Gasteiger partial charge on any atom is -0.496 e. The lowest BCUT2D eigenvalue weighted by Crippen LogP contribution is -2.35. The van der Waals surface area contributed by atoms with Gasteiger partial charge in [-0.3, -0.25) is 4.90 Å². The largest absolute Gasteiger partial charge is 0.496 e. The monoisotopic (exact) mass is 306 g/mol. The van der Waals surface area contributed by atoms with Gasteiger partial charge in [0.15, 0.2) is 0 Å². The van der Waals surface area contributed by atoms with Gasteiger partial charge in [0.25, 0.3) is 0 Å². The number of methoxy groups -OCH3 is 1. The molecule has 1 aromatic carbocycles. The molecule has 0 radical (unpaired) electrons. The van der Waals surface area contributed by atoms with Gasteiger partial charge in [-0.25, -0.2) is 0 Å². The maximum Gasteiger partial charge on any atom is 0.123 e. The van der Waals surface area contributed by atoms with Gasteiger partial charge in [0.05, 0.1) is 7.11 Å². The lowest BCUT2D eigenvalue weighted by atomic mass is 9.86. The summed E-state index contributed by atoms with van der Waals surface area (Å²) in [5.74, 6) is 1.74. The van der Waals surface area contributed by atoms with E-state index < -0.39 is 0 Å². The SMILES string of the molecule is COc1ccc(C(N)=S)cc1CN(C)C1CCCC(C)C1. The zero-order valence-electron chi connectivity index (χ0n) is 13.3. The molecule has 0 saturated heterocycles. The number of hydrogen-bond acceptors (Lipinski definition) is 3. The Morgan fingerprint density at radius 1 is 1.43 bits per heavy atom. The minimum atomic E-state index is 0.438. The van der Waals surface area contributed by atoms with Crippen LogP contribution in [0.25, 0.3) is 0 Å². The first-order valence-electron chi connectivity index (χ1n) is 7.68. The fourth-order valence-corrected chi connectivity index (χ4v) is 3.38. The Labute approximate surface area is 133 Å². The number of rotatable bonds is 5. The Morgan fingerprint density at radius 2 is 2.19 bits per heavy atom. The maximum atomic E-state index is 5.74. The molecule has 0 aromatic heterocycles. The summed E-state index contributed by atoms with van der Waals surface area (Å²) >= 11 is 5.08. The van der Waals surface area contributed by atoms with Crippen molar-refractivity contribution in [3.05, 3.63) is 29.3 Å². The molecule has 4 heteroatoms. The summed E-state index contributed by atoms with van der Waals surface area (Å²) in [7, 11) is 3.91. The Hall–Kier alpha value is -1.13. The van der Waals surface area contributed by atoms with Crippen LogP contribution in [0.2, 0.25) is 0 Å². The van der Waals surface area contributed by atoms with Crippen LogP contribution in [0.1, 0.15) is 43.7 Å². The predicted octanol–water partition coefficient (Wildman–Crippen LogP) is 3.34. The van der Waals surface area contributed by atoms with Crippen LogP contribution in [0.15, 0.2) is 18.2 Å². The van der Waals surface area contributed by atoms with Gasteiger partial charge < -0.3 is 10.5 Å². The maximum absolute atomic E-state index is 5.74. The molecule has 21 heavy (non-hydrogen) atoms. The molecule has 2 unspecified atom stereocenters. The molecule has 1 saturated carbocycles. The topological polar surface area (TPSA) is 38.5 Å². The molecule has 116 valence electrons. The van der Waals surface area contributed by atoms with E-state index in [-0.39, 0.29) is 0 Å². The lowest BCUT2D eigenvalue weighted by Gasteiger charge is -2.34. The van der Waals surface area contributed by atoms with Gasteiger partial charge in [-0.1, -0.05) is 32.0 Å². The highest BCUT2D eigenvalue weighted by molar-refractivity contribution is 7.80. The van der Waals surface area contributed by atoms with Crippen molar-refractivity contribution in [3.8, 4) is 5.75 Å². The third kappa shape index (κ3) is 4.17. The number of ether oxygens (including phenoxy) is 1. The first-order chi connectivity index (χ1) is 10.0. The molecule has 1 fully saturated rings. The van der Waals surface area contributed by atoms with E-state index >= 15 is 0 Å². The van der Waals surface area contributed by atoms with Crippen molar-refractivity contribution in [2.45, 2.75) is 45.2 Å². The van der Waals surface area contributed by atoms with Gasteiger partial charge in [-0.2, -0.15) is 0 Å². The third-order valence-electron chi connectivity index (χ3n) is 4.52. The average molecular weight is 306 g/mol. The van der Waals surface area contributed by atoms with Crippen LogP contribution >= 0.6 is 12.2 Å². The second kappa shape index (κ2) is 7.23.